The average Bonchev–Trinajstić information content (AvgIpc) is 2.49. The fraction of sp³-hybridized carbons (Fsp3) is 0.500. The van der Waals surface area contributed by atoms with E-state index in [0.29, 0.717) is 11.5 Å². The van der Waals surface area contributed by atoms with E-state index in [1.165, 1.54) is 5.56 Å². The predicted octanol–water partition coefficient (Wildman–Crippen LogP) is 4.35. The average molecular weight is 327 g/mol. The Morgan fingerprint density at radius 2 is 1.96 bits per heavy atom. The molecule has 1 aliphatic heterocycles. The lowest BCUT2D eigenvalue weighted by Crippen LogP contribution is -2.45. The quantitative estimate of drug-likeness (QED) is 0.608. The Bertz CT molecular complexity index is 876. The Kier molecular flexibility index (Phi) is 3.82. The summed E-state index contributed by atoms with van der Waals surface area (Å²) >= 11 is 0. The van der Waals surface area contributed by atoms with E-state index in [4.69, 9.17) is 4.42 Å². The van der Waals surface area contributed by atoms with E-state index in [9.17, 15) is 9.59 Å². The number of anilines is 1. The molecule has 4 heteroatoms. The molecule has 0 aliphatic carbocycles. The number of benzene rings is 1. The van der Waals surface area contributed by atoms with Gasteiger partial charge in [-0.15, -0.1) is 0 Å². The highest BCUT2D eigenvalue weighted by atomic mass is 16.4. The number of carbonyl (C=O) groups is 1. The van der Waals surface area contributed by atoms with Crippen molar-refractivity contribution in [2.45, 2.75) is 52.5 Å². The molecule has 0 unspecified atom stereocenters. The van der Waals surface area contributed by atoms with E-state index in [2.05, 4.69) is 38.8 Å². The highest BCUT2D eigenvalue weighted by Gasteiger charge is 2.34. The third kappa shape index (κ3) is 2.54. The first-order valence-electron chi connectivity index (χ1n) is 8.51. The molecule has 0 N–H and O–H groups in total. The lowest BCUT2D eigenvalue weighted by Gasteiger charge is -2.45. The third-order valence-corrected chi connectivity index (χ3v) is 5.28. The van der Waals surface area contributed by atoms with E-state index in [1.807, 2.05) is 6.07 Å². The van der Waals surface area contributed by atoms with Crippen molar-refractivity contribution in [3.8, 4) is 0 Å². The maximum atomic E-state index is 12.2. The topological polar surface area (TPSA) is 50.5 Å². The summed E-state index contributed by atoms with van der Waals surface area (Å²) in [4.78, 5) is 26.7. The van der Waals surface area contributed by atoms with E-state index in [1.54, 1.807) is 19.9 Å². The van der Waals surface area contributed by atoms with Crippen LogP contribution in [0.15, 0.2) is 27.4 Å². The molecule has 3 rings (SSSR count). The van der Waals surface area contributed by atoms with Crippen molar-refractivity contribution in [1.82, 2.24) is 0 Å². The number of hydrogen-bond acceptors (Lipinski definition) is 4. The van der Waals surface area contributed by atoms with Crippen molar-refractivity contribution in [3.05, 3.63) is 39.7 Å². The smallest absolute Gasteiger partial charge is 0.347 e. The minimum atomic E-state index is -0.549. The van der Waals surface area contributed by atoms with Gasteiger partial charge >= 0.3 is 5.63 Å². The Balaban J connectivity index is 2.23. The van der Waals surface area contributed by atoms with Gasteiger partial charge in [0.15, 0.2) is 5.78 Å². The van der Waals surface area contributed by atoms with Crippen LogP contribution in [0, 0.1) is 5.92 Å². The zero-order valence-electron chi connectivity index (χ0n) is 15.3. The van der Waals surface area contributed by atoms with Crippen molar-refractivity contribution in [2.24, 2.45) is 5.92 Å². The van der Waals surface area contributed by atoms with Gasteiger partial charge in [-0.2, -0.15) is 0 Å². The van der Waals surface area contributed by atoms with Crippen molar-refractivity contribution >= 4 is 22.4 Å². The first-order valence-corrected chi connectivity index (χ1v) is 8.51. The molecule has 0 amide bonds. The maximum absolute atomic E-state index is 12.2. The number of Topliss-reactive ketones (excluding diaryl/α,β-unsaturated/α-hetero) is 1. The summed E-state index contributed by atoms with van der Waals surface area (Å²) in [6.07, 6.45) is 1.05. The van der Waals surface area contributed by atoms with E-state index in [-0.39, 0.29) is 22.8 Å². The van der Waals surface area contributed by atoms with Gasteiger partial charge in [0.05, 0.1) is 0 Å². The van der Waals surface area contributed by atoms with Crippen molar-refractivity contribution < 1.29 is 9.21 Å². The van der Waals surface area contributed by atoms with Crippen LogP contribution < -0.4 is 10.5 Å². The van der Waals surface area contributed by atoms with Gasteiger partial charge in [0, 0.05) is 35.6 Å². The number of hydrogen-bond donors (Lipinski definition) is 0. The van der Waals surface area contributed by atoms with E-state index in [0.717, 1.165) is 17.5 Å². The summed E-state index contributed by atoms with van der Waals surface area (Å²) in [5.74, 6) is 0.00952. The third-order valence-electron chi connectivity index (χ3n) is 5.28. The summed E-state index contributed by atoms with van der Waals surface area (Å²) < 4.78 is 5.48. The Morgan fingerprint density at radius 1 is 1.29 bits per heavy atom. The van der Waals surface area contributed by atoms with Crippen molar-refractivity contribution in [2.75, 3.05) is 11.9 Å². The largest absolute Gasteiger partial charge is 0.422 e. The zero-order valence-corrected chi connectivity index (χ0v) is 15.3. The van der Waals surface area contributed by atoms with Gasteiger partial charge in [0.2, 0.25) is 0 Å². The molecule has 2 aromatic rings. The molecule has 1 aromatic carbocycles. The number of ketones is 1. The molecule has 2 heterocycles. The van der Waals surface area contributed by atoms with Crippen LogP contribution >= 0.6 is 0 Å². The highest BCUT2D eigenvalue weighted by Crippen LogP contribution is 2.43. The second kappa shape index (κ2) is 5.47. The summed E-state index contributed by atoms with van der Waals surface area (Å²) in [6.45, 7) is 10.2. The molecule has 0 saturated carbocycles. The van der Waals surface area contributed by atoms with Crippen molar-refractivity contribution in [3.63, 3.8) is 0 Å². The predicted molar refractivity (Wildman–Crippen MR) is 97.2 cm³/mol. The first-order chi connectivity index (χ1) is 11.1. The summed E-state index contributed by atoms with van der Waals surface area (Å²) in [5, 5.41) is 0.817. The van der Waals surface area contributed by atoms with Gasteiger partial charge in [0.25, 0.3) is 0 Å². The van der Waals surface area contributed by atoms with Gasteiger partial charge in [-0.25, -0.2) is 4.79 Å². The van der Waals surface area contributed by atoms with Crippen LogP contribution in [0.25, 0.3) is 11.0 Å². The van der Waals surface area contributed by atoms with Crippen LogP contribution in [0.4, 0.5) is 5.69 Å². The molecule has 24 heavy (non-hydrogen) atoms. The van der Waals surface area contributed by atoms with Gasteiger partial charge < -0.3 is 9.32 Å². The van der Waals surface area contributed by atoms with Gasteiger partial charge in [0.1, 0.15) is 11.1 Å². The molecule has 0 spiro atoms. The highest BCUT2D eigenvalue weighted by molar-refractivity contribution is 5.99. The summed E-state index contributed by atoms with van der Waals surface area (Å²) in [6, 6.07) is 5.70. The standard InChI is InChI=1S/C20H25NO3/c1-11(2)18(22)15-8-13-7-14-12(3)10-20(4,5)21(6)16(14)9-17(13)24-19(15)23/h7-9,11-12H,10H2,1-6H3/t12-/m0/s1. The minimum absolute atomic E-state index is 0.0495. The molecule has 0 bridgehead atoms. The fourth-order valence-electron chi connectivity index (χ4n) is 3.66. The molecule has 0 radical (unpaired) electrons. The molecule has 4 nitrogen and oxygen atoms in total. The van der Waals surface area contributed by atoms with E-state index >= 15 is 0 Å². The maximum Gasteiger partial charge on any atom is 0.347 e. The Hall–Kier alpha value is -2.10. The number of rotatable bonds is 2. The Morgan fingerprint density at radius 3 is 2.58 bits per heavy atom. The zero-order chi connectivity index (χ0) is 17.8. The SMILES string of the molecule is CC(C)C(=O)c1cc2cc3c(cc2oc1=O)N(C)C(C)(C)C[C@@H]3C. The van der Waals surface area contributed by atoms with Gasteiger partial charge in [-0.1, -0.05) is 20.8 Å². The molecule has 1 atom stereocenters. The fourth-order valence-corrected chi connectivity index (χ4v) is 3.66. The molecule has 1 aromatic heterocycles. The van der Waals surface area contributed by atoms with Crippen LogP contribution in [0.3, 0.4) is 0 Å². The first kappa shape index (κ1) is 16.7. The lowest BCUT2D eigenvalue weighted by molar-refractivity contribution is 0.0936. The minimum Gasteiger partial charge on any atom is -0.422 e. The van der Waals surface area contributed by atoms with E-state index < -0.39 is 5.63 Å². The molecule has 1 aliphatic rings. The lowest BCUT2D eigenvalue weighted by atomic mass is 9.80. The number of nitrogens with zero attached hydrogens (tertiary/aromatic N) is 1. The van der Waals surface area contributed by atoms with Gasteiger partial charge in [-0.05, 0) is 43.9 Å². The molecule has 128 valence electrons. The number of carbonyl (C=O) groups excluding carboxylic acids is 1. The van der Waals surface area contributed by atoms with Crippen LogP contribution in [0.5, 0.6) is 0 Å². The molecular weight excluding hydrogens is 302 g/mol. The van der Waals surface area contributed by atoms with Crippen LogP contribution in [0.1, 0.15) is 62.9 Å². The molecule has 0 saturated heterocycles. The normalized spacial score (nSPS) is 19.6. The van der Waals surface area contributed by atoms with Crippen LogP contribution in [0.2, 0.25) is 0 Å². The second-order valence-corrected chi connectivity index (χ2v) is 7.89. The Labute approximate surface area is 142 Å². The number of fused-ring (bicyclic) bond motifs is 2. The van der Waals surface area contributed by atoms with Gasteiger partial charge in [-0.3, -0.25) is 4.79 Å². The molecule has 0 fully saturated rings. The second-order valence-electron chi connectivity index (χ2n) is 7.89. The summed E-state index contributed by atoms with van der Waals surface area (Å²) in [7, 11) is 2.07. The van der Waals surface area contributed by atoms with Crippen LogP contribution in [-0.4, -0.2) is 18.4 Å². The summed E-state index contributed by atoms with van der Waals surface area (Å²) in [5.41, 5.74) is 2.52. The van der Waals surface area contributed by atoms with Crippen LogP contribution in [-0.2, 0) is 0 Å². The molecular formula is C20H25NO3. The van der Waals surface area contributed by atoms with Crippen molar-refractivity contribution in [1.29, 1.82) is 0 Å². The monoisotopic (exact) mass is 327 g/mol.